The molecule has 0 aliphatic carbocycles. The molecule has 0 radical (unpaired) electrons. The molecule has 2 rings (SSSR count). The van der Waals surface area contributed by atoms with E-state index in [0.717, 1.165) is 6.07 Å². The molecule has 2 aromatic carbocycles. The highest BCUT2D eigenvalue weighted by Crippen LogP contribution is 2.34. The van der Waals surface area contributed by atoms with Gasteiger partial charge in [0.1, 0.15) is 11.6 Å². The summed E-state index contributed by atoms with van der Waals surface area (Å²) in [7, 11) is 0. The highest BCUT2D eigenvalue weighted by Gasteiger charge is 2.33. The van der Waals surface area contributed by atoms with E-state index in [2.05, 4.69) is 0 Å². The third kappa shape index (κ3) is 3.19. The fraction of sp³-hybridized carbons (Fsp3) is 0.200. The van der Waals surface area contributed by atoms with E-state index in [-0.39, 0.29) is 15.6 Å². The van der Waals surface area contributed by atoms with Crippen LogP contribution in [0.15, 0.2) is 36.4 Å². The van der Waals surface area contributed by atoms with Gasteiger partial charge in [0.05, 0.1) is 16.6 Å². The first-order valence-corrected chi connectivity index (χ1v) is 6.94. The molecule has 6 heteroatoms. The van der Waals surface area contributed by atoms with Crippen molar-refractivity contribution in [2.45, 2.75) is 18.5 Å². The van der Waals surface area contributed by atoms with Crippen molar-refractivity contribution >= 4 is 23.2 Å². The summed E-state index contributed by atoms with van der Waals surface area (Å²) in [6.07, 6.45) is 0. The van der Waals surface area contributed by atoms with Crippen molar-refractivity contribution < 1.29 is 8.78 Å². The number of benzene rings is 2. The van der Waals surface area contributed by atoms with Gasteiger partial charge >= 0.3 is 0 Å². The van der Waals surface area contributed by atoms with Crippen molar-refractivity contribution in [2.24, 2.45) is 11.5 Å². The van der Waals surface area contributed by atoms with Crippen LogP contribution in [0.25, 0.3) is 0 Å². The van der Waals surface area contributed by atoms with Gasteiger partial charge in [-0.25, -0.2) is 8.78 Å². The summed E-state index contributed by atoms with van der Waals surface area (Å²) in [4.78, 5) is 0. The second kappa shape index (κ2) is 5.89. The second-order valence-corrected chi connectivity index (χ2v) is 5.90. The lowest BCUT2D eigenvalue weighted by molar-refractivity contribution is 0.378. The molecule has 0 bridgehead atoms. The van der Waals surface area contributed by atoms with E-state index in [4.69, 9.17) is 34.7 Å². The number of nitrogens with two attached hydrogens (primary N) is 2. The van der Waals surface area contributed by atoms with Crippen molar-refractivity contribution in [3.63, 3.8) is 0 Å². The highest BCUT2D eigenvalue weighted by molar-refractivity contribution is 6.30. The predicted molar refractivity (Wildman–Crippen MR) is 81.3 cm³/mol. The predicted octanol–water partition coefficient (Wildman–Crippen LogP) is 4.15. The summed E-state index contributed by atoms with van der Waals surface area (Å²) in [5, 5.41) is 0.250. The fourth-order valence-corrected chi connectivity index (χ4v) is 2.42. The van der Waals surface area contributed by atoms with Crippen LogP contribution in [0, 0.1) is 11.6 Å². The van der Waals surface area contributed by atoms with Gasteiger partial charge < -0.3 is 11.5 Å². The van der Waals surface area contributed by atoms with Gasteiger partial charge in [-0.1, -0.05) is 35.3 Å². The second-order valence-electron chi connectivity index (χ2n) is 5.06. The molecule has 0 aliphatic heterocycles. The summed E-state index contributed by atoms with van der Waals surface area (Å²) in [5.74, 6) is -1.16. The van der Waals surface area contributed by atoms with Gasteiger partial charge in [0.2, 0.25) is 0 Å². The minimum atomic E-state index is -1.24. The Morgan fingerprint density at radius 3 is 2.29 bits per heavy atom. The molecular weight excluding hydrogens is 317 g/mol. The summed E-state index contributed by atoms with van der Waals surface area (Å²) < 4.78 is 27.6. The molecule has 0 saturated heterocycles. The lowest BCUT2D eigenvalue weighted by atomic mass is 9.82. The quantitative estimate of drug-likeness (QED) is 0.888. The van der Waals surface area contributed by atoms with Crippen LogP contribution in [0.4, 0.5) is 8.78 Å². The van der Waals surface area contributed by atoms with Gasteiger partial charge in [-0.3, -0.25) is 0 Å². The van der Waals surface area contributed by atoms with E-state index in [9.17, 15) is 8.78 Å². The van der Waals surface area contributed by atoms with Crippen molar-refractivity contribution in [3.8, 4) is 0 Å². The minimum Gasteiger partial charge on any atom is -0.322 e. The Kier molecular flexibility index (Phi) is 4.54. The van der Waals surface area contributed by atoms with E-state index >= 15 is 0 Å². The molecule has 0 amide bonds. The summed E-state index contributed by atoms with van der Waals surface area (Å²) >= 11 is 11.4. The summed E-state index contributed by atoms with van der Waals surface area (Å²) in [6.45, 7) is 1.58. The first kappa shape index (κ1) is 16.2. The molecule has 112 valence electrons. The Balaban J connectivity index is 2.44. The average molecular weight is 331 g/mol. The Morgan fingerprint density at radius 1 is 1.05 bits per heavy atom. The molecule has 2 nitrogen and oxygen atoms in total. The molecule has 4 N–H and O–H groups in total. The topological polar surface area (TPSA) is 52.0 Å². The zero-order valence-corrected chi connectivity index (χ0v) is 12.7. The number of halogens is 4. The zero-order valence-electron chi connectivity index (χ0n) is 11.2. The molecule has 0 spiro atoms. The molecule has 0 aromatic heterocycles. The smallest absolute Gasteiger partial charge is 0.142 e. The molecule has 0 heterocycles. The van der Waals surface area contributed by atoms with Crippen LogP contribution in [-0.4, -0.2) is 0 Å². The van der Waals surface area contributed by atoms with Crippen molar-refractivity contribution in [3.05, 3.63) is 69.2 Å². The Hall–Kier alpha value is -1.20. The van der Waals surface area contributed by atoms with Crippen LogP contribution in [0.5, 0.6) is 0 Å². The van der Waals surface area contributed by atoms with Gasteiger partial charge in [-0.05, 0) is 36.8 Å². The van der Waals surface area contributed by atoms with Crippen LogP contribution in [0.3, 0.4) is 0 Å². The third-order valence-electron chi connectivity index (χ3n) is 3.46. The summed E-state index contributed by atoms with van der Waals surface area (Å²) in [6, 6.07) is 7.50. The van der Waals surface area contributed by atoms with Crippen LogP contribution < -0.4 is 11.5 Å². The fourth-order valence-electron chi connectivity index (χ4n) is 2.15. The molecule has 0 unspecified atom stereocenters. The van der Waals surface area contributed by atoms with Crippen molar-refractivity contribution in [2.75, 3.05) is 0 Å². The highest BCUT2D eigenvalue weighted by atomic mass is 35.5. The maximum absolute atomic E-state index is 14.1. The van der Waals surface area contributed by atoms with Crippen LogP contribution in [0.2, 0.25) is 10.0 Å². The van der Waals surface area contributed by atoms with E-state index < -0.39 is 23.2 Å². The standard InChI is InChI=1S/C15H14Cl2F2N2/c1-15(21,10-4-3-9(16)7-12(10)18)14(20)8-2-5-11(17)13(19)6-8/h2-7,14H,20-21H2,1H3/t14-,15+/m1/s1. The van der Waals surface area contributed by atoms with Crippen molar-refractivity contribution in [1.82, 2.24) is 0 Å². The molecule has 0 saturated carbocycles. The molecule has 2 atom stereocenters. The van der Waals surface area contributed by atoms with Gasteiger partial charge in [0, 0.05) is 10.6 Å². The number of hydrogen-bond acceptors (Lipinski definition) is 2. The van der Waals surface area contributed by atoms with Gasteiger partial charge in [0.15, 0.2) is 0 Å². The maximum atomic E-state index is 14.1. The Morgan fingerprint density at radius 2 is 1.71 bits per heavy atom. The largest absolute Gasteiger partial charge is 0.322 e. The third-order valence-corrected chi connectivity index (χ3v) is 4.00. The van der Waals surface area contributed by atoms with Gasteiger partial charge in [0.25, 0.3) is 0 Å². The maximum Gasteiger partial charge on any atom is 0.142 e. The number of hydrogen-bond donors (Lipinski definition) is 2. The zero-order chi connectivity index (χ0) is 15.8. The molecule has 0 fully saturated rings. The molecular formula is C15H14Cl2F2N2. The van der Waals surface area contributed by atoms with E-state index in [0.29, 0.717) is 5.56 Å². The van der Waals surface area contributed by atoms with E-state index in [1.165, 1.54) is 24.3 Å². The lowest BCUT2D eigenvalue weighted by Crippen LogP contribution is -2.44. The Bertz CT molecular complexity index is 675. The van der Waals surface area contributed by atoms with Gasteiger partial charge in [-0.15, -0.1) is 0 Å². The normalized spacial score (nSPS) is 15.6. The van der Waals surface area contributed by atoms with Crippen LogP contribution in [0.1, 0.15) is 24.1 Å². The Labute approximate surface area is 131 Å². The molecule has 21 heavy (non-hydrogen) atoms. The van der Waals surface area contributed by atoms with Crippen molar-refractivity contribution in [1.29, 1.82) is 0 Å². The first-order chi connectivity index (χ1) is 9.73. The van der Waals surface area contributed by atoms with E-state index in [1.807, 2.05) is 0 Å². The SMILES string of the molecule is C[C@](N)(c1ccc(Cl)cc1F)[C@H](N)c1ccc(Cl)c(F)c1. The average Bonchev–Trinajstić information content (AvgIpc) is 2.40. The summed E-state index contributed by atoms with van der Waals surface area (Å²) in [5.41, 5.74) is 11.7. The van der Waals surface area contributed by atoms with Crippen LogP contribution >= 0.6 is 23.2 Å². The molecule has 2 aromatic rings. The lowest BCUT2D eigenvalue weighted by Gasteiger charge is -2.32. The van der Waals surface area contributed by atoms with Gasteiger partial charge in [-0.2, -0.15) is 0 Å². The monoisotopic (exact) mass is 330 g/mol. The first-order valence-electron chi connectivity index (χ1n) is 6.18. The number of rotatable bonds is 3. The van der Waals surface area contributed by atoms with Crippen LogP contribution in [-0.2, 0) is 5.54 Å². The minimum absolute atomic E-state index is 0.0117. The van der Waals surface area contributed by atoms with E-state index in [1.54, 1.807) is 13.0 Å². The molecule has 0 aliphatic rings.